The quantitative estimate of drug-likeness (QED) is 0.787. The molecule has 0 fully saturated rings. The molecule has 0 aliphatic heterocycles. The number of para-hydroxylation sites is 1. The van der Waals surface area contributed by atoms with E-state index in [-0.39, 0.29) is 0 Å². The van der Waals surface area contributed by atoms with Gasteiger partial charge in [0, 0.05) is 17.1 Å². The van der Waals surface area contributed by atoms with Gasteiger partial charge in [0.25, 0.3) is 0 Å². The van der Waals surface area contributed by atoms with Gasteiger partial charge in [-0.2, -0.15) is 0 Å². The lowest BCUT2D eigenvalue weighted by atomic mass is 10.2. The van der Waals surface area contributed by atoms with E-state index in [1.54, 1.807) is 11.8 Å². The Morgan fingerprint density at radius 1 is 1.05 bits per heavy atom. The maximum absolute atomic E-state index is 5.44. The predicted octanol–water partition coefficient (Wildman–Crippen LogP) is 4.42. The molecular weight excluding hydrogens is 254 g/mol. The fourth-order valence-electron chi connectivity index (χ4n) is 1.86. The zero-order valence-corrected chi connectivity index (χ0v) is 12.2. The number of hydrogen-bond donors (Lipinski definition) is 1. The first-order valence-electron chi connectivity index (χ1n) is 6.42. The molecule has 100 valence electrons. The van der Waals surface area contributed by atoms with Crippen molar-refractivity contribution in [2.24, 2.45) is 0 Å². The predicted molar refractivity (Wildman–Crippen MR) is 83.2 cm³/mol. The summed E-state index contributed by atoms with van der Waals surface area (Å²) in [5.74, 6) is 0.927. The largest absolute Gasteiger partial charge is 0.494 e. The molecule has 0 aromatic heterocycles. The van der Waals surface area contributed by atoms with E-state index in [4.69, 9.17) is 4.74 Å². The minimum atomic E-state index is 0.707. The van der Waals surface area contributed by atoms with Crippen LogP contribution in [-0.2, 0) is 6.54 Å². The lowest BCUT2D eigenvalue weighted by Gasteiger charge is -2.11. The van der Waals surface area contributed by atoms with Crippen LogP contribution in [0.1, 0.15) is 12.5 Å². The Hall–Kier alpha value is -1.61. The van der Waals surface area contributed by atoms with E-state index in [0.29, 0.717) is 6.61 Å². The number of ether oxygens (including phenoxy) is 1. The van der Waals surface area contributed by atoms with Gasteiger partial charge in [-0.1, -0.05) is 24.3 Å². The van der Waals surface area contributed by atoms with Gasteiger partial charge in [-0.25, -0.2) is 0 Å². The normalized spacial score (nSPS) is 10.2. The first-order chi connectivity index (χ1) is 9.33. The zero-order chi connectivity index (χ0) is 13.5. The summed E-state index contributed by atoms with van der Waals surface area (Å²) < 4.78 is 5.44. The van der Waals surface area contributed by atoms with Gasteiger partial charge >= 0.3 is 0 Å². The fraction of sp³-hybridized carbons (Fsp3) is 0.250. The van der Waals surface area contributed by atoms with Crippen molar-refractivity contribution in [1.82, 2.24) is 0 Å². The summed E-state index contributed by atoms with van der Waals surface area (Å²) in [4.78, 5) is 1.27. The fourth-order valence-corrected chi connectivity index (χ4v) is 2.43. The number of anilines is 1. The van der Waals surface area contributed by atoms with Crippen molar-refractivity contribution in [3.8, 4) is 5.75 Å². The second-order valence-corrected chi connectivity index (χ2v) is 4.98. The molecule has 0 amide bonds. The smallest absolute Gasteiger partial charge is 0.119 e. The lowest BCUT2D eigenvalue weighted by molar-refractivity contribution is 0.340. The first-order valence-corrected chi connectivity index (χ1v) is 7.64. The molecule has 1 N–H and O–H groups in total. The third-order valence-electron chi connectivity index (χ3n) is 2.82. The van der Waals surface area contributed by atoms with E-state index in [9.17, 15) is 0 Å². The van der Waals surface area contributed by atoms with Crippen molar-refractivity contribution in [2.75, 3.05) is 18.2 Å². The van der Waals surface area contributed by atoms with Crippen molar-refractivity contribution in [1.29, 1.82) is 0 Å². The van der Waals surface area contributed by atoms with Crippen LogP contribution < -0.4 is 10.1 Å². The maximum Gasteiger partial charge on any atom is 0.119 e. The molecule has 0 saturated carbocycles. The van der Waals surface area contributed by atoms with E-state index in [1.807, 2.05) is 19.1 Å². The highest BCUT2D eigenvalue weighted by molar-refractivity contribution is 7.98. The Kier molecular flexibility index (Phi) is 5.16. The highest BCUT2D eigenvalue weighted by atomic mass is 32.2. The molecular formula is C16H19NOS. The van der Waals surface area contributed by atoms with Crippen LogP contribution in [0.2, 0.25) is 0 Å². The highest BCUT2D eigenvalue weighted by Gasteiger charge is 2.00. The van der Waals surface area contributed by atoms with Crippen molar-refractivity contribution in [3.63, 3.8) is 0 Å². The molecule has 0 bridgehead atoms. The standard InChI is InChI=1S/C16H19NOS/c1-3-18-14-10-8-13(9-11-14)12-17-15-6-4-5-7-16(15)19-2/h4-11,17H,3,12H2,1-2H3. The van der Waals surface area contributed by atoms with Gasteiger partial charge in [0.1, 0.15) is 5.75 Å². The minimum absolute atomic E-state index is 0.707. The van der Waals surface area contributed by atoms with Gasteiger partial charge in [0.05, 0.1) is 6.61 Å². The molecule has 0 unspecified atom stereocenters. The SMILES string of the molecule is CCOc1ccc(CNc2ccccc2SC)cc1. The molecule has 0 atom stereocenters. The Labute approximate surface area is 119 Å². The molecule has 0 aliphatic rings. The second-order valence-electron chi connectivity index (χ2n) is 4.13. The van der Waals surface area contributed by atoms with Crippen LogP contribution in [0, 0.1) is 0 Å². The zero-order valence-electron chi connectivity index (χ0n) is 11.3. The van der Waals surface area contributed by atoms with Gasteiger partial charge in [0.2, 0.25) is 0 Å². The summed E-state index contributed by atoms with van der Waals surface area (Å²) in [5.41, 5.74) is 2.43. The average molecular weight is 273 g/mol. The molecule has 2 aromatic rings. The van der Waals surface area contributed by atoms with Crippen molar-refractivity contribution in [3.05, 3.63) is 54.1 Å². The molecule has 3 heteroatoms. The highest BCUT2D eigenvalue weighted by Crippen LogP contribution is 2.25. The third kappa shape index (κ3) is 3.93. The molecule has 0 radical (unpaired) electrons. The molecule has 2 rings (SSSR count). The number of benzene rings is 2. The second kappa shape index (κ2) is 7.10. The monoisotopic (exact) mass is 273 g/mol. The van der Waals surface area contributed by atoms with Gasteiger partial charge in [-0.05, 0) is 43.0 Å². The van der Waals surface area contributed by atoms with Crippen LogP contribution in [-0.4, -0.2) is 12.9 Å². The topological polar surface area (TPSA) is 21.3 Å². The van der Waals surface area contributed by atoms with E-state index in [0.717, 1.165) is 12.3 Å². The number of nitrogens with one attached hydrogen (secondary N) is 1. The Bertz CT molecular complexity index is 510. The van der Waals surface area contributed by atoms with Crippen LogP contribution in [0.5, 0.6) is 5.75 Å². The summed E-state index contributed by atoms with van der Waals surface area (Å²) in [5, 5.41) is 3.47. The molecule has 0 heterocycles. The average Bonchev–Trinajstić information content (AvgIpc) is 2.47. The minimum Gasteiger partial charge on any atom is -0.494 e. The maximum atomic E-state index is 5.44. The summed E-state index contributed by atoms with van der Waals surface area (Å²) in [6.45, 7) is 3.53. The van der Waals surface area contributed by atoms with Crippen LogP contribution >= 0.6 is 11.8 Å². The van der Waals surface area contributed by atoms with Crippen molar-refractivity contribution >= 4 is 17.4 Å². The van der Waals surface area contributed by atoms with E-state index >= 15 is 0 Å². The van der Waals surface area contributed by atoms with Gasteiger partial charge < -0.3 is 10.1 Å². The van der Waals surface area contributed by atoms with Crippen LogP contribution in [0.15, 0.2) is 53.4 Å². The van der Waals surface area contributed by atoms with Gasteiger partial charge in [-0.15, -0.1) is 11.8 Å². The summed E-state index contributed by atoms with van der Waals surface area (Å²) in [6, 6.07) is 16.6. The summed E-state index contributed by atoms with van der Waals surface area (Å²) in [7, 11) is 0. The van der Waals surface area contributed by atoms with E-state index in [1.165, 1.54) is 16.1 Å². The number of rotatable bonds is 6. The molecule has 19 heavy (non-hydrogen) atoms. The van der Waals surface area contributed by atoms with E-state index in [2.05, 4.69) is 48.0 Å². The van der Waals surface area contributed by atoms with Gasteiger partial charge in [0.15, 0.2) is 0 Å². The first kappa shape index (κ1) is 13.8. The molecule has 0 saturated heterocycles. The Morgan fingerprint density at radius 2 is 1.79 bits per heavy atom. The summed E-state index contributed by atoms with van der Waals surface area (Å²) in [6.07, 6.45) is 2.09. The van der Waals surface area contributed by atoms with Gasteiger partial charge in [-0.3, -0.25) is 0 Å². The molecule has 0 spiro atoms. The lowest BCUT2D eigenvalue weighted by Crippen LogP contribution is -2.00. The van der Waals surface area contributed by atoms with Crippen LogP contribution in [0.4, 0.5) is 5.69 Å². The summed E-state index contributed by atoms with van der Waals surface area (Å²) >= 11 is 1.76. The molecule has 2 nitrogen and oxygen atoms in total. The third-order valence-corrected chi connectivity index (χ3v) is 3.62. The van der Waals surface area contributed by atoms with Crippen molar-refractivity contribution in [2.45, 2.75) is 18.4 Å². The number of hydrogen-bond acceptors (Lipinski definition) is 3. The van der Waals surface area contributed by atoms with Crippen molar-refractivity contribution < 1.29 is 4.74 Å². The Balaban J connectivity index is 1.98. The van der Waals surface area contributed by atoms with E-state index < -0.39 is 0 Å². The molecule has 0 aliphatic carbocycles. The Morgan fingerprint density at radius 3 is 2.47 bits per heavy atom. The number of thioether (sulfide) groups is 1. The van der Waals surface area contributed by atoms with Crippen LogP contribution in [0.25, 0.3) is 0 Å². The molecule has 2 aromatic carbocycles. The van der Waals surface area contributed by atoms with Crippen LogP contribution in [0.3, 0.4) is 0 Å².